The highest BCUT2D eigenvalue weighted by atomic mass is 32.2. The van der Waals surface area contributed by atoms with E-state index in [4.69, 9.17) is 18.9 Å². The van der Waals surface area contributed by atoms with Gasteiger partial charge in [0.25, 0.3) is 0 Å². The Bertz CT molecular complexity index is 2280. The molecule has 0 radical (unpaired) electrons. The molecule has 6 rings (SSSR count). The average Bonchev–Trinajstić information content (AvgIpc) is 3.57. The number of aliphatic hydroxyl groups excluding tert-OH is 4. The van der Waals surface area contributed by atoms with Gasteiger partial charge in [0.2, 0.25) is 0 Å². The van der Waals surface area contributed by atoms with Crippen LogP contribution in [-0.2, 0) is 40.1 Å². The van der Waals surface area contributed by atoms with E-state index < -0.39 is 63.8 Å². The van der Waals surface area contributed by atoms with Crippen LogP contribution in [0.15, 0.2) is 60.7 Å². The van der Waals surface area contributed by atoms with Crippen LogP contribution >= 0.6 is 23.5 Å². The predicted octanol–water partition coefficient (Wildman–Crippen LogP) is 11.7. The Kier molecular flexibility index (Phi) is 19.0. The second-order valence-electron chi connectivity index (χ2n) is 26.1. The minimum atomic E-state index is -1.53. The highest BCUT2D eigenvalue weighted by Crippen LogP contribution is 2.56. The lowest BCUT2D eigenvalue weighted by Crippen LogP contribution is -2.62. The largest absolute Gasteiger partial charge is 0.390 e. The first-order valence-electron chi connectivity index (χ1n) is 26.7. The second kappa shape index (κ2) is 23.1. The maximum atomic E-state index is 11.2. The number of aliphatic hydroxyl groups is 5. The summed E-state index contributed by atoms with van der Waals surface area (Å²) >= 11 is 2.92. The van der Waals surface area contributed by atoms with E-state index >= 15 is 0 Å². The lowest BCUT2D eigenvalue weighted by Gasteiger charge is -2.43. The van der Waals surface area contributed by atoms with Gasteiger partial charge in [-0.15, -0.1) is 11.8 Å². The molecule has 0 bridgehead atoms. The molecular formula is C60H92O11S2. The highest BCUT2D eigenvalue weighted by molar-refractivity contribution is 8.01. The van der Waals surface area contributed by atoms with Crippen LogP contribution in [0.5, 0.6) is 0 Å². The molecule has 0 spiro atoms. The van der Waals surface area contributed by atoms with Gasteiger partial charge in [-0.3, -0.25) is 0 Å². The molecule has 3 aromatic carbocycles. The van der Waals surface area contributed by atoms with Gasteiger partial charge < -0.3 is 44.5 Å². The van der Waals surface area contributed by atoms with Gasteiger partial charge in [-0.1, -0.05) is 110 Å². The zero-order valence-corrected chi connectivity index (χ0v) is 48.5. The molecule has 0 amide bonds. The van der Waals surface area contributed by atoms with Crippen molar-refractivity contribution in [2.24, 2.45) is 0 Å². The normalized spacial score (nSPS) is 27.3. The molecule has 11 nitrogen and oxygen atoms in total. The van der Waals surface area contributed by atoms with Crippen LogP contribution in [0.4, 0.5) is 0 Å². The molecular weight excluding hydrogens is 961 g/mol. The van der Waals surface area contributed by atoms with Crippen molar-refractivity contribution in [2.45, 2.75) is 240 Å². The third-order valence-electron chi connectivity index (χ3n) is 15.7. The second-order valence-corrected chi connectivity index (χ2v) is 29.6. The Labute approximate surface area is 446 Å². The molecule has 2 heterocycles. The molecule has 0 saturated carbocycles. The number of thioether (sulfide) groups is 2. The van der Waals surface area contributed by atoms with Gasteiger partial charge in [-0.25, -0.2) is 10.1 Å². The third kappa shape index (κ3) is 14.9. The molecule has 2 aliphatic heterocycles. The van der Waals surface area contributed by atoms with Gasteiger partial charge in [0.1, 0.15) is 29.3 Å². The molecule has 9 unspecified atom stereocenters. The van der Waals surface area contributed by atoms with Crippen molar-refractivity contribution in [3.05, 3.63) is 82.9 Å². The average molecular weight is 1050 g/mol. The summed E-state index contributed by atoms with van der Waals surface area (Å²) in [6.07, 6.45) is -0.156. The summed E-state index contributed by atoms with van der Waals surface area (Å²) in [5, 5.41) is 62.9. The molecule has 2 saturated heterocycles. The van der Waals surface area contributed by atoms with E-state index in [-0.39, 0.29) is 39.8 Å². The lowest BCUT2D eigenvalue weighted by molar-refractivity contribution is -0.370. The van der Waals surface area contributed by atoms with E-state index in [1.165, 1.54) is 56.3 Å². The maximum Gasteiger partial charge on any atom is 0.194 e. The zero-order chi connectivity index (χ0) is 54.2. The van der Waals surface area contributed by atoms with Crippen molar-refractivity contribution in [3.8, 4) is 22.3 Å². The Balaban J connectivity index is 1.24. The number of rotatable bonds is 22. The molecule has 13 heteroatoms. The van der Waals surface area contributed by atoms with E-state index in [9.17, 15) is 30.8 Å². The molecule has 3 aromatic rings. The fourth-order valence-electron chi connectivity index (χ4n) is 10.6. The van der Waals surface area contributed by atoms with E-state index in [1.807, 2.05) is 13.8 Å². The topological polar surface area (TPSA) is 168 Å². The SMILES string of the molecule is CC1OCC(O)(CSC(C)(C)CCOC(C)(C)CCCC2(CCCC(C)(C)OCC(C)(C)SC3OC(OO)CC(O)C3O)c3cc(-c4ccc(C(C)(C)C)cc4)ccc3-c3ccc(C(C)(C)C)cc32)C(O)C1O. The monoisotopic (exact) mass is 1050 g/mol. The first kappa shape index (κ1) is 60.2. The van der Waals surface area contributed by atoms with Gasteiger partial charge >= 0.3 is 0 Å². The smallest absolute Gasteiger partial charge is 0.194 e. The molecule has 1 aliphatic carbocycles. The number of hydrogen-bond acceptors (Lipinski definition) is 13. The summed E-state index contributed by atoms with van der Waals surface area (Å²) in [5.74, 6) is 0.232. The quantitative estimate of drug-likeness (QED) is 0.0416. The molecule has 6 N–H and O–H groups in total. The van der Waals surface area contributed by atoms with Gasteiger partial charge in [0, 0.05) is 33.7 Å². The number of ether oxygens (including phenoxy) is 4. The van der Waals surface area contributed by atoms with Crippen molar-refractivity contribution in [1.29, 1.82) is 0 Å². The maximum absolute atomic E-state index is 11.2. The van der Waals surface area contributed by atoms with Crippen LogP contribution in [0.3, 0.4) is 0 Å². The zero-order valence-electron chi connectivity index (χ0n) is 46.8. The highest BCUT2D eigenvalue weighted by Gasteiger charge is 2.48. The standard InChI is InChI=1S/C60H92O11S2/c1-38-49(62)51(64)60(65,36-67-38)37-72-57(12,13)30-31-68-55(8,9)26-16-28-59(29-17-27-56(10,11)69-35-58(14,15)73-52-50(63)47(61)34-48(70-52)71-66)45-32-40(39-18-21-41(22-19-39)53(2,3)4)20-24-43(45)44-25-23-42(33-46(44)59)54(5,6)7/h18-25,32-33,38,47-52,61-66H,16-17,26-31,34-37H2,1-15H3. The van der Waals surface area contributed by atoms with Gasteiger partial charge in [-0.05, 0) is 155 Å². The summed E-state index contributed by atoms with van der Waals surface area (Å²) in [4.78, 5) is 4.41. The minimum absolute atomic E-state index is 0.0206. The van der Waals surface area contributed by atoms with Crippen LogP contribution in [0.25, 0.3) is 22.3 Å². The molecule has 9 atom stereocenters. The summed E-state index contributed by atoms with van der Waals surface area (Å²) in [6, 6.07) is 23.4. The van der Waals surface area contributed by atoms with Gasteiger partial charge in [0.05, 0.1) is 36.6 Å². The van der Waals surface area contributed by atoms with Crippen LogP contribution in [0.2, 0.25) is 0 Å². The van der Waals surface area contributed by atoms with Gasteiger partial charge in [0.15, 0.2) is 6.29 Å². The predicted molar refractivity (Wildman–Crippen MR) is 297 cm³/mol. The van der Waals surface area contributed by atoms with Crippen LogP contribution in [0, 0.1) is 0 Å². The minimum Gasteiger partial charge on any atom is -0.390 e. The van der Waals surface area contributed by atoms with E-state index in [2.05, 4.69) is 149 Å². The summed E-state index contributed by atoms with van der Waals surface area (Å²) < 4.78 is 24.1. The first-order chi connectivity index (χ1) is 33.7. The van der Waals surface area contributed by atoms with Crippen LogP contribution in [-0.4, -0.2) is 125 Å². The van der Waals surface area contributed by atoms with Gasteiger partial charge in [-0.2, -0.15) is 11.8 Å². The Hall–Kier alpha value is -2.08. The van der Waals surface area contributed by atoms with Crippen LogP contribution in [0.1, 0.15) is 177 Å². The van der Waals surface area contributed by atoms with Crippen molar-refractivity contribution >= 4 is 23.5 Å². The Morgan fingerprint density at radius 3 is 1.79 bits per heavy atom. The molecule has 3 aliphatic rings. The van der Waals surface area contributed by atoms with Crippen LogP contribution < -0.4 is 0 Å². The summed E-state index contributed by atoms with van der Waals surface area (Å²) in [7, 11) is 0. The van der Waals surface area contributed by atoms with Crippen molar-refractivity contribution < 1.29 is 54.6 Å². The summed E-state index contributed by atoms with van der Waals surface area (Å²) in [6.45, 7) is 33.2. The van der Waals surface area contributed by atoms with Crippen molar-refractivity contribution in [2.75, 3.05) is 25.6 Å². The number of fused-ring (bicyclic) bond motifs is 3. The van der Waals surface area contributed by atoms with Crippen molar-refractivity contribution in [3.63, 3.8) is 0 Å². The Morgan fingerprint density at radius 1 is 0.658 bits per heavy atom. The van der Waals surface area contributed by atoms with E-state index in [0.29, 0.717) is 13.2 Å². The molecule has 410 valence electrons. The lowest BCUT2D eigenvalue weighted by atomic mass is 9.69. The number of benzene rings is 3. The third-order valence-corrected chi connectivity index (χ3v) is 18.7. The summed E-state index contributed by atoms with van der Waals surface area (Å²) in [5.41, 5.74) is 6.85. The fraction of sp³-hybridized carbons (Fsp3) is 0.700. The van der Waals surface area contributed by atoms with E-state index in [1.54, 1.807) is 18.7 Å². The van der Waals surface area contributed by atoms with Crippen molar-refractivity contribution in [1.82, 2.24) is 0 Å². The molecule has 0 aromatic heterocycles. The molecule has 2 fully saturated rings. The molecule has 73 heavy (non-hydrogen) atoms. The fourth-order valence-corrected chi connectivity index (χ4v) is 12.9. The first-order valence-corrected chi connectivity index (χ1v) is 28.6. The Morgan fingerprint density at radius 2 is 1.21 bits per heavy atom. The number of hydrogen-bond donors (Lipinski definition) is 6. The van der Waals surface area contributed by atoms with E-state index in [0.717, 1.165) is 44.9 Å².